The fourth-order valence-electron chi connectivity index (χ4n) is 11.7. The Kier molecular flexibility index (Phi) is 8.50. The number of benzene rings is 8. The van der Waals surface area contributed by atoms with Crippen LogP contribution in [0.25, 0.3) is 0 Å². The second-order valence-corrected chi connectivity index (χ2v) is 17.6. The second kappa shape index (κ2) is 14.4. The van der Waals surface area contributed by atoms with E-state index in [4.69, 9.17) is 9.47 Å². The molecule has 8 aromatic rings. The largest absolute Gasteiger partial charge is 0.508 e. The van der Waals surface area contributed by atoms with Crippen molar-refractivity contribution in [3.05, 3.63) is 237 Å². The van der Waals surface area contributed by atoms with Crippen molar-refractivity contribution in [3.8, 4) is 46.0 Å². The third-order valence-corrected chi connectivity index (χ3v) is 14.2. The molecule has 0 saturated heterocycles. The molecule has 8 aromatic carbocycles. The Balaban J connectivity index is 1.21. The predicted octanol–water partition coefficient (Wildman–Crippen LogP) is 11.6. The molecule has 0 radical (unpaired) electrons. The van der Waals surface area contributed by atoms with Gasteiger partial charge in [0.2, 0.25) is 0 Å². The molecule has 0 fully saturated rings. The highest BCUT2D eigenvalue weighted by molar-refractivity contribution is 5.68. The number of aromatic hydroxyl groups is 6. The fourth-order valence-corrected chi connectivity index (χ4v) is 11.7. The van der Waals surface area contributed by atoms with Crippen LogP contribution in [0.3, 0.4) is 0 Å². The van der Waals surface area contributed by atoms with E-state index in [1.165, 1.54) is 0 Å². The molecule has 0 amide bonds. The number of phenolic OH excluding ortho intramolecular Hbond substituents is 6. The smallest absolute Gasteiger partial charge is 0.135 e. The van der Waals surface area contributed by atoms with Gasteiger partial charge >= 0.3 is 0 Å². The lowest BCUT2D eigenvalue weighted by atomic mass is 9.62. The fraction of sp³-hybridized carbons (Fsp3) is 0.143. The van der Waals surface area contributed by atoms with Crippen molar-refractivity contribution in [1.29, 1.82) is 0 Å². The number of hydrogen-bond acceptors (Lipinski definition) is 8. The van der Waals surface area contributed by atoms with Crippen molar-refractivity contribution >= 4 is 0 Å². The minimum atomic E-state index is -0.506. The van der Waals surface area contributed by atoms with Gasteiger partial charge in [-0.3, -0.25) is 0 Å². The zero-order chi connectivity index (χ0) is 43.4. The van der Waals surface area contributed by atoms with Gasteiger partial charge in [0.25, 0.3) is 0 Å². The van der Waals surface area contributed by atoms with Crippen LogP contribution in [-0.4, -0.2) is 30.6 Å². The summed E-state index contributed by atoms with van der Waals surface area (Å²) >= 11 is 0. The Morgan fingerprint density at radius 2 is 0.578 bits per heavy atom. The van der Waals surface area contributed by atoms with Crippen molar-refractivity contribution in [1.82, 2.24) is 0 Å². The summed E-state index contributed by atoms with van der Waals surface area (Å²) in [5.74, 6) is -0.620. The van der Waals surface area contributed by atoms with Gasteiger partial charge in [0, 0.05) is 46.9 Å². The molecular formula is C56H42O8. The number of ether oxygens (including phenoxy) is 2. The summed E-state index contributed by atoms with van der Waals surface area (Å²) in [6.45, 7) is 0. The molecule has 2 aliphatic heterocycles. The van der Waals surface area contributed by atoms with E-state index in [-0.39, 0.29) is 46.3 Å². The SMILES string of the molecule is Oc1ccc(C2Oc3cc(O)cc4c3C2c2ccccc2C(c2ccc(O)cc2)C4C2c3cc(O)cc4c3C(c3ccccc3C2c2ccc(O)cc2)C(c2ccc(O)cc2)O4)cc1. The third kappa shape index (κ3) is 5.82. The number of hydrogen-bond donors (Lipinski definition) is 6. The average molecular weight is 843 g/mol. The Labute approximate surface area is 369 Å². The zero-order valence-electron chi connectivity index (χ0n) is 34.3. The first-order valence-corrected chi connectivity index (χ1v) is 21.6. The van der Waals surface area contributed by atoms with Crippen LogP contribution in [0.15, 0.2) is 170 Å². The summed E-state index contributed by atoms with van der Waals surface area (Å²) in [6, 6.07) is 53.1. The Morgan fingerprint density at radius 3 is 0.906 bits per heavy atom. The second-order valence-electron chi connectivity index (χ2n) is 17.6. The van der Waals surface area contributed by atoms with Gasteiger partial charge < -0.3 is 40.1 Å². The number of rotatable bonds is 5. The number of fused-ring (bicyclic) bond motifs is 4. The van der Waals surface area contributed by atoms with Gasteiger partial charge in [0.1, 0.15) is 58.2 Å². The molecule has 2 heterocycles. The molecule has 4 aliphatic rings. The van der Waals surface area contributed by atoms with Crippen LogP contribution in [0.5, 0.6) is 46.0 Å². The molecule has 6 N–H and O–H groups in total. The van der Waals surface area contributed by atoms with Gasteiger partial charge in [-0.1, -0.05) is 97.1 Å². The summed E-state index contributed by atoms with van der Waals surface area (Å²) < 4.78 is 13.9. The first kappa shape index (κ1) is 37.9. The van der Waals surface area contributed by atoms with Crippen LogP contribution < -0.4 is 9.47 Å². The van der Waals surface area contributed by atoms with Gasteiger partial charge in [0.15, 0.2) is 0 Å². The standard InChI is InChI=1S/C56H42O8/c57-33-17-9-29(10-18-33)47-39-5-1-3-7-41(39)53-49-43(25-37(61)27-45(49)63-55(53)31-13-21-35(59)22-14-31)51(47)52-44-26-38(62)28-46-50(44)54(56(64-46)32-15-23-36(60)24-16-32)42-8-4-2-6-40(42)48(52)30-11-19-34(58)20-12-30/h1-28,47-48,51-62H. The molecule has 0 bridgehead atoms. The molecule has 8 unspecified atom stereocenters. The lowest BCUT2D eigenvalue weighted by Crippen LogP contribution is -2.26. The molecule has 64 heavy (non-hydrogen) atoms. The van der Waals surface area contributed by atoms with E-state index in [1.54, 1.807) is 60.7 Å². The van der Waals surface area contributed by atoms with Crippen LogP contribution in [0.1, 0.15) is 114 Å². The highest BCUT2D eigenvalue weighted by atomic mass is 16.5. The van der Waals surface area contributed by atoms with Crippen molar-refractivity contribution in [2.45, 2.75) is 47.7 Å². The van der Waals surface area contributed by atoms with E-state index >= 15 is 0 Å². The Hall–Kier alpha value is -7.84. The van der Waals surface area contributed by atoms with E-state index in [9.17, 15) is 30.6 Å². The average Bonchev–Trinajstić information content (AvgIpc) is 3.80. The molecule has 0 aromatic heterocycles. The quantitative estimate of drug-likeness (QED) is 0.101. The van der Waals surface area contributed by atoms with Crippen molar-refractivity contribution in [2.24, 2.45) is 0 Å². The van der Waals surface area contributed by atoms with Crippen LogP contribution in [0, 0.1) is 0 Å². The van der Waals surface area contributed by atoms with E-state index in [2.05, 4.69) is 36.4 Å². The highest BCUT2D eigenvalue weighted by Gasteiger charge is 2.53. The van der Waals surface area contributed by atoms with Gasteiger partial charge in [-0.2, -0.15) is 0 Å². The van der Waals surface area contributed by atoms with E-state index in [1.807, 2.05) is 72.8 Å². The Bertz CT molecular complexity index is 2890. The topological polar surface area (TPSA) is 140 Å². The minimum Gasteiger partial charge on any atom is -0.508 e. The van der Waals surface area contributed by atoms with Gasteiger partial charge in [-0.05, 0) is 116 Å². The zero-order valence-corrected chi connectivity index (χ0v) is 34.3. The third-order valence-electron chi connectivity index (χ3n) is 14.2. The molecular weight excluding hydrogens is 801 g/mol. The number of phenols is 6. The van der Waals surface area contributed by atoms with Crippen molar-refractivity contribution in [3.63, 3.8) is 0 Å². The van der Waals surface area contributed by atoms with Gasteiger partial charge in [-0.15, -0.1) is 0 Å². The summed E-state index contributed by atoms with van der Waals surface area (Å²) in [5, 5.41) is 66.1. The molecule has 0 saturated carbocycles. The van der Waals surface area contributed by atoms with E-state index in [0.29, 0.717) is 11.5 Å². The highest BCUT2D eigenvalue weighted by Crippen LogP contribution is 2.67. The van der Waals surface area contributed by atoms with Crippen LogP contribution in [0.4, 0.5) is 0 Å². The maximum absolute atomic E-state index is 11.9. The van der Waals surface area contributed by atoms with Gasteiger partial charge in [-0.25, -0.2) is 0 Å². The Morgan fingerprint density at radius 1 is 0.281 bits per heavy atom. The predicted molar refractivity (Wildman–Crippen MR) is 241 cm³/mol. The van der Waals surface area contributed by atoms with Gasteiger partial charge in [0.05, 0.1) is 11.8 Å². The molecule has 0 spiro atoms. The normalized spacial score (nSPS) is 23.3. The molecule has 8 heteroatoms. The van der Waals surface area contributed by atoms with E-state index in [0.717, 1.165) is 66.8 Å². The maximum Gasteiger partial charge on any atom is 0.135 e. The maximum atomic E-state index is 11.9. The summed E-state index contributed by atoms with van der Waals surface area (Å²) in [4.78, 5) is 0. The molecule has 2 aliphatic carbocycles. The molecule has 8 atom stereocenters. The van der Waals surface area contributed by atoms with E-state index < -0.39 is 35.9 Å². The minimum absolute atomic E-state index is 0.0456. The van der Waals surface area contributed by atoms with Crippen molar-refractivity contribution in [2.75, 3.05) is 0 Å². The van der Waals surface area contributed by atoms with Crippen molar-refractivity contribution < 1.29 is 40.1 Å². The summed E-state index contributed by atoms with van der Waals surface area (Å²) in [5.41, 5.74) is 11.5. The summed E-state index contributed by atoms with van der Waals surface area (Å²) in [7, 11) is 0. The molecule has 12 rings (SSSR count). The molecule has 314 valence electrons. The summed E-state index contributed by atoms with van der Waals surface area (Å²) in [6.07, 6.45) is -1.01. The first-order chi connectivity index (χ1) is 31.2. The van der Waals surface area contributed by atoms with Crippen LogP contribution in [-0.2, 0) is 0 Å². The lowest BCUT2D eigenvalue weighted by molar-refractivity contribution is 0.221. The van der Waals surface area contributed by atoms with Crippen LogP contribution >= 0.6 is 0 Å². The first-order valence-electron chi connectivity index (χ1n) is 21.6. The van der Waals surface area contributed by atoms with Crippen LogP contribution in [0.2, 0.25) is 0 Å². The molecule has 8 nitrogen and oxygen atoms in total. The monoisotopic (exact) mass is 842 g/mol. The lowest BCUT2D eigenvalue weighted by Gasteiger charge is -2.40.